The molecule has 20 heavy (non-hydrogen) atoms. The van der Waals surface area contributed by atoms with E-state index in [2.05, 4.69) is 6.92 Å². The predicted molar refractivity (Wildman–Crippen MR) is 75.7 cm³/mol. The third-order valence-corrected chi connectivity index (χ3v) is 4.50. The van der Waals surface area contributed by atoms with E-state index in [4.69, 9.17) is 9.15 Å². The minimum atomic E-state index is -0.322. The van der Waals surface area contributed by atoms with Crippen LogP contribution in [-0.2, 0) is 0 Å². The summed E-state index contributed by atoms with van der Waals surface area (Å²) in [6.45, 7) is 4.05. The smallest absolute Gasteiger partial charge is 0.346 e. The van der Waals surface area contributed by atoms with E-state index in [1.54, 1.807) is 13.0 Å². The maximum Gasteiger partial charge on any atom is 0.346 e. The summed E-state index contributed by atoms with van der Waals surface area (Å²) < 4.78 is 11.1. The van der Waals surface area contributed by atoms with Crippen molar-refractivity contribution in [3.05, 3.63) is 33.4 Å². The molecule has 2 aliphatic rings. The highest BCUT2D eigenvalue weighted by molar-refractivity contribution is 5.62. The van der Waals surface area contributed by atoms with E-state index in [1.807, 2.05) is 6.08 Å². The summed E-state index contributed by atoms with van der Waals surface area (Å²) in [7, 11) is 0. The van der Waals surface area contributed by atoms with Crippen molar-refractivity contribution in [1.82, 2.24) is 0 Å². The SMILES string of the molecule is Cc1cc2c(c(=O)o1)C=C1CC[C@H](C(C)CO)C[C@@H]1O2. The van der Waals surface area contributed by atoms with E-state index < -0.39 is 0 Å². The molecule has 0 radical (unpaired) electrons. The summed E-state index contributed by atoms with van der Waals surface area (Å²) in [4.78, 5) is 11.9. The van der Waals surface area contributed by atoms with Gasteiger partial charge in [-0.1, -0.05) is 6.92 Å². The van der Waals surface area contributed by atoms with Crippen molar-refractivity contribution in [3.63, 3.8) is 0 Å². The van der Waals surface area contributed by atoms with Gasteiger partial charge in [0, 0.05) is 12.7 Å². The summed E-state index contributed by atoms with van der Waals surface area (Å²) in [5, 5.41) is 9.30. The van der Waals surface area contributed by atoms with Gasteiger partial charge < -0.3 is 14.3 Å². The molecule has 0 saturated heterocycles. The van der Waals surface area contributed by atoms with Gasteiger partial charge in [-0.25, -0.2) is 4.79 Å². The van der Waals surface area contributed by atoms with Crippen LogP contribution in [0.3, 0.4) is 0 Å². The number of rotatable bonds is 2. The first-order valence-electron chi connectivity index (χ1n) is 7.21. The van der Waals surface area contributed by atoms with Crippen molar-refractivity contribution in [3.8, 4) is 5.75 Å². The molecule has 1 fully saturated rings. The van der Waals surface area contributed by atoms with E-state index >= 15 is 0 Å². The maximum atomic E-state index is 11.9. The molecule has 1 aromatic heterocycles. The fourth-order valence-electron chi connectivity index (χ4n) is 3.17. The van der Waals surface area contributed by atoms with Crippen LogP contribution in [0, 0.1) is 18.8 Å². The molecule has 108 valence electrons. The largest absolute Gasteiger partial charge is 0.485 e. The highest BCUT2D eigenvalue weighted by atomic mass is 16.5. The van der Waals surface area contributed by atoms with Crippen molar-refractivity contribution >= 4 is 6.08 Å². The summed E-state index contributed by atoms with van der Waals surface area (Å²) in [6, 6.07) is 1.78. The van der Waals surface area contributed by atoms with Gasteiger partial charge in [0.1, 0.15) is 23.2 Å². The lowest BCUT2D eigenvalue weighted by molar-refractivity contribution is 0.111. The van der Waals surface area contributed by atoms with Gasteiger partial charge in [0.25, 0.3) is 0 Å². The Bertz CT molecular complexity index is 599. The van der Waals surface area contributed by atoms with Crippen LogP contribution >= 0.6 is 0 Å². The first kappa shape index (κ1) is 13.4. The van der Waals surface area contributed by atoms with Crippen molar-refractivity contribution in [2.45, 2.75) is 39.2 Å². The summed E-state index contributed by atoms with van der Waals surface area (Å²) >= 11 is 0. The molecule has 4 nitrogen and oxygen atoms in total. The van der Waals surface area contributed by atoms with Gasteiger partial charge in [0.15, 0.2) is 0 Å². The Morgan fingerprint density at radius 3 is 3.05 bits per heavy atom. The molecule has 3 rings (SSSR count). The second-order valence-corrected chi connectivity index (χ2v) is 5.94. The van der Waals surface area contributed by atoms with Gasteiger partial charge in [-0.3, -0.25) is 0 Å². The standard InChI is InChI=1S/C16H20O4/c1-9(8-17)11-3-4-12-6-13-15(20-14(12)7-11)5-10(2)19-16(13)18/h5-6,9,11,14,17H,3-4,7-8H2,1-2H3/t9?,11-,14-/m0/s1. The van der Waals surface area contributed by atoms with Crippen LogP contribution < -0.4 is 10.4 Å². The monoisotopic (exact) mass is 276 g/mol. The first-order chi connectivity index (χ1) is 9.58. The molecule has 0 aromatic carbocycles. The van der Waals surface area contributed by atoms with Crippen LogP contribution in [0.1, 0.15) is 37.5 Å². The van der Waals surface area contributed by atoms with Gasteiger partial charge in [-0.2, -0.15) is 0 Å². The highest BCUT2D eigenvalue weighted by Crippen LogP contribution is 2.39. The van der Waals surface area contributed by atoms with Crippen molar-refractivity contribution in [2.24, 2.45) is 11.8 Å². The second kappa shape index (κ2) is 5.09. The van der Waals surface area contributed by atoms with Crippen LogP contribution in [-0.4, -0.2) is 17.8 Å². The zero-order valence-electron chi connectivity index (χ0n) is 11.9. The fraction of sp³-hybridized carbons (Fsp3) is 0.562. The molecule has 2 heterocycles. The molecule has 3 atom stereocenters. The van der Waals surface area contributed by atoms with Crippen LogP contribution in [0.5, 0.6) is 5.75 Å². The minimum absolute atomic E-state index is 0.0384. The van der Waals surface area contributed by atoms with E-state index in [0.29, 0.717) is 28.9 Å². The summed E-state index contributed by atoms with van der Waals surface area (Å²) in [5.74, 6) is 1.97. The molecule has 1 aliphatic heterocycles. The average molecular weight is 276 g/mol. The molecule has 0 amide bonds. The third-order valence-electron chi connectivity index (χ3n) is 4.50. The normalized spacial score (nSPS) is 26.1. The highest BCUT2D eigenvalue weighted by Gasteiger charge is 2.33. The summed E-state index contributed by atoms with van der Waals surface area (Å²) in [5.41, 5.74) is 1.39. The van der Waals surface area contributed by atoms with Crippen LogP contribution in [0.2, 0.25) is 0 Å². The molecular formula is C16H20O4. The molecule has 1 aliphatic carbocycles. The number of aliphatic hydroxyl groups is 1. The Kier molecular flexibility index (Phi) is 3.42. The Labute approximate surface area is 118 Å². The first-order valence-corrected chi connectivity index (χ1v) is 7.21. The number of hydrogen-bond acceptors (Lipinski definition) is 4. The average Bonchev–Trinajstić information content (AvgIpc) is 2.44. The van der Waals surface area contributed by atoms with E-state index in [0.717, 1.165) is 19.3 Å². The fourth-order valence-corrected chi connectivity index (χ4v) is 3.17. The number of ether oxygens (including phenoxy) is 1. The topological polar surface area (TPSA) is 59.7 Å². The molecule has 0 bridgehead atoms. The van der Waals surface area contributed by atoms with Gasteiger partial charge >= 0.3 is 5.63 Å². The van der Waals surface area contributed by atoms with Gasteiger partial charge in [0.2, 0.25) is 0 Å². The number of aryl methyl sites for hydroxylation is 1. The van der Waals surface area contributed by atoms with E-state index in [1.165, 1.54) is 5.57 Å². The Morgan fingerprint density at radius 2 is 2.30 bits per heavy atom. The zero-order valence-corrected chi connectivity index (χ0v) is 11.9. The van der Waals surface area contributed by atoms with Crippen LogP contribution in [0.4, 0.5) is 0 Å². The number of fused-ring (bicyclic) bond motifs is 2. The Balaban J connectivity index is 1.90. The zero-order chi connectivity index (χ0) is 14.3. The lowest BCUT2D eigenvalue weighted by Crippen LogP contribution is -2.34. The molecule has 1 unspecified atom stereocenters. The molecule has 1 aromatic rings. The van der Waals surface area contributed by atoms with Gasteiger partial charge in [-0.15, -0.1) is 0 Å². The van der Waals surface area contributed by atoms with Crippen LogP contribution in [0.15, 0.2) is 20.9 Å². The number of hydrogen-bond donors (Lipinski definition) is 1. The molecule has 4 heteroatoms. The maximum absolute atomic E-state index is 11.9. The lowest BCUT2D eigenvalue weighted by atomic mass is 9.76. The molecular weight excluding hydrogens is 256 g/mol. The number of aliphatic hydroxyl groups excluding tert-OH is 1. The predicted octanol–water partition coefficient (Wildman–Crippen LogP) is 2.52. The molecule has 1 saturated carbocycles. The molecule has 0 spiro atoms. The second-order valence-electron chi connectivity index (χ2n) is 5.94. The van der Waals surface area contributed by atoms with Crippen LogP contribution in [0.25, 0.3) is 6.08 Å². The van der Waals surface area contributed by atoms with Crippen molar-refractivity contribution < 1.29 is 14.3 Å². The van der Waals surface area contributed by atoms with Crippen molar-refractivity contribution in [2.75, 3.05) is 6.61 Å². The van der Waals surface area contributed by atoms with Gasteiger partial charge in [0.05, 0.1) is 0 Å². The molecule has 1 N–H and O–H groups in total. The van der Waals surface area contributed by atoms with Crippen molar-refractivity contribution in [1.29, 1.82) is 0 Å². The Hall–Kier alpha value is -1.55. The summed E-state index contributed by atoms with van der Waals surface area (Å²) in [6.07, 6.45) is 4.85. The van der Waals surface area contributed by atoms with E-state index in [9.17, 15) is 9.90 Å². The quantitative estimate of drug-likeness (QED) is 0.901. The lowest BCUT2D eigenvalue weighted by Gasteiger charge is -2.36. The third kappa shape index (κ3) is 2.29. The van der Waals surface area contributed by atoms with Gasteiger partial charge in [-0.05, 0) is 49.7 Å². The minimum Gasteiger partial charge on any atom is -0.485 e. The Morgan fingerprint density at radius 1 is 1.50 bits per heavy atom. The van der Waals surface area contributed by atoms with E-state index in [-0.39, 0.29) is 18.3 Å².